The van der Waals surface area contributed by atoms with Gasteiger partial charge in [-0.25, -0.2) is 4.57 Å². The Balaban J connectivity index is 0.00000544. The number of amides is 1. The summed E-state index contributed by atoms with van der Waals surface area (Å²) in [5.74, 6) is 0.539. The van der Waals surface area contributed by atoms with Crippen molar-refractivity contribution in [2.45, 2.75) is 91.1 Å². The van der Waals surface area contributed by atoms with E-state index in [9.17, 15) is 4.79 Å². The molecule has 0 unspecified atom stereocenters. The first-order valence-corrected chi connectivity index (χ1v) is 12.7. The number of halogens is 2. The van der Waals surface area contributed by atoms with Gasteiger partial charge in [0.05, 0.1) is 17.2 Å². The molecule has 0 fully saturated rings. The molecule has 0 aliphatic carbocycles. The minimum atomic E-state index is -0.178. The second kappa shape index (κ2) is 18.0. The fraction of sp³-hybridized carbons (Fsp3) is 0.556. The average molecular weight is 587 g/mol. The fourth-order valence-corrected chi connectivity index (χ4v) is 4.05. The Labute approximate surface area is 222 Å². The molecule has 1 N–H and O–H groups in total. The Kier molecular flexibility index (Phi) is 16.2. The van der Waals surface area contributed by atoms with Crippen LogP contribution in [0, 0.1) is 0 Å². The Morgan fingerprint density at radius 2 is 1.61 bits per heavy atom. The van der Waals surface area contributed by atoms with Crippen LogP contribution in [-0.2, 0) is 13.1 Å². The van der Waals surface area contributed by atoms with Gasteiger partial charge in [-0.1, -0.05) is 82.4 Å². The van der Waals surface area contributed by atoms with Gasteiger partial charge in [-0.15, -0.1) is 0 Å². The summed E-state index contributed by atoms with van der Waals surface area (Å²) >= 11 is 6.36. The minimum absolute atomic E-state index is 0. The standard InChI is InChI=1S/C27H39ClN2O2.HI/c1-3-5-6-7-8-9-10-11-12-15-20-32-24-17-18-25(26(28)21-24)27(31)29-22-23-16-13-14-19-30(23)4-2;/h13-14,16-19,21H,3-12,15,20,22H2,1-2H3;1H. The number of carbonyl (C=O) groups is 1. The van der Waals surface area contributed by atoms with Crippen LogP contribution in [0.5, 0.6) is 5.75 Å². The lowest BCUT2D eigenvalue weighted by Gasteiger charge is -2.10. The van der Waals surface area contributed by atoms with E-state index in [2.05, 4.69) is 23.7 Å². The van der Waals surface area contributed by atoms with E-state index >= 15 is 0 Å². The van der Waals surface area contributed by atoms with E-state index in [1.54, 1.807) is 12.1 Å². The zero-order chi connectivity index (χ0) is 23.0. The molecule has 184 valence electrons. The number of aromatic nitrogens is 1. The average Bonchev–Trinajstić information content (AvgIpc) is 2.81. The smallest absolute Gasteiger partial charge is 0.253 e. The van der Waals surface area contributed by atoms with Crippen LogP contribution in [-0.4, -0.2) is 12.5 Å². The lowest BCUT2D eigenvalue weighted by atomic mass is 10.1. The number of carbonyl (C=O) groups excluding carboxylic acids is 1. The summed E-state index contributed by atoms with van der Waals surface area (Å²) in [7, 11) is 0. The van der Waals surface area contributed by atoms with Gasteiger partial charge in [-0.05, 0) is 31.5 Å². The zero-order valence-electron chi connectivity index (χ0n) is 20.3. The van der Waals surface area contributed by atoms with Crippen molar-refractivity contribution in [3.05, 3.63) is 58.9 Å². The highest BCUT2D eigenvalue weighted by Crippen LogP contribution is 2.23. The van der Waals surface area contributed by atoms with E-state index in [-0.39, 0.29) is 29.9 Å². The van der Waals surface area contributed by atoms with Gasteiger partial charge in [0, 0.05) is 12.1 Å². The van der Waals surface area contributed by atoms with Crippen LogP contribution >= 0.6 is 11.6 Å². The van der Waals surface area contributed by atoms with Crippen molar-refractivity contribution in [3.8, 4) is 5.75 Å². The number of unbranched alkanes of at least 4 members (excludes halogenated alkanes) is 9. The molecule has 0 saturated carbocycles. The maximum Gasteiger partial charge on any atom is 0.253 e. The maximum atomic E-state index is 12.6. The molecule has 1 amide bonds. The summed E-state index contributed by atoms with van der Waals surface area (Å²) in [6.07, 6.45) is 15.0. The van der Waals surface area contributed by atoms with Crippen molar-refractivity contribution in [2.75, 3.05) is 6.61 Å². The van der Waals surface area contributed by atoms with E-state index in [1.165, 1.54) is 57.8 Å². The van der Waals surface area contributed by atoms with Crippen molar-refractivity contribution >= 4 is 17.5 Å². The third-order valence-electron chi connectivity index (χ3n) is 5.76. The molecule has 1 heterocycles. The first-order chi connectivity index (χ1) is 15.7. The number of hydrogen-bond acceptors (Lipinski definition) is 2. The highest BCUT2D eigenvalue weighted by molar-refractivity contribution is 6.34. The lowest BCUT2D eigenvalue weighted by molar-refractivity contribution is -0.701. The molecule has 6 heteroatoms. The molecule has 0 atom stereocenters. The van der Waals surface area contributed by atoms with Crippen molar-refractivity contribution in [1.82, 2.24) is 5.32 Å². The normalized spacial score (nSPS) is 10.5. The quantitative estimate of drug-likeness (QED) is 0.184. The zero-order valence-corrected chi connectivity index (χ0v) is 23.2. The summed E-state index contributed by atoms with van der Waals surface area (Å²) < 4.78 is 7.94. The van der Waals surface area contributed by atoms with Crippen LogP contribution in [0.15, 0.2) is 42.6 Å². The fourth-order valence-electron chi connectivity index (χ4n) is 3.80. The largest absolute Gasteiger partial charge is 1.00 e. The highest BCUT2D eigenvalue weighted by atomic mass is 127. The SMILES string of the molecule is CCCCCCCCCCCCOc1ccc(C(=O)NCc2cccc[n+]2CC)c(Cl)c1.[I-]. The number of hydrogen-bond donors (Lipinski definition) is 1. The number of nitrogens with zero attached hydrogens (tertiary/aromatic N) is 1. The Bertz CT molecular complexity index is 816. The van der Waals surface area contributed by atoms with Crippen LogP contribution in [0.3, 0.4) is 0 Å². The molecule has 0 bridgehead atoms. The van der Waals surface area contributed by atoms with Crippen LogP contribution in [0.4, 0.5) is 0 Å². The maximum absolute atomic E-state index is 12.6. The van der Waals surface area contributed by atoms with Gasteiger partial charge in [0.2, 0.25) is 5.69 Å². The summed E-state index contributed by atoms with van der Waals surface area (Å²) in [4.78, 5) is 12.6. The molecule has 4 nitrogen and oxygen atoms in total. The minimum Gasteiger partial charge on any atom is -1.00 e. The third-order valence-corrected chi connectivity index (χ3v) is 6.07. The summed E-state index contributed by atoms with van der Waals surface area (Å²) in [6.45, 7) is 6.34. The van der Waals surface area contributed by atoms with Crippen molar-refractivity contribution in [3.63, 3.8) is 0 Å². The number of nitrogens with one attached hydrogen (secondary N) is 1. The number of aryl methyl sites for hydroxylation is 1. The van der Waals surface area contributed by atoms with Crippen molar-refractivity contribution < 1.29 is 38.1 Å². The Hall–Kier alpha value is -1.34. The van der Waals surface area contributed by atoms with Crippen LogP contribution in [0.2, 0.25) is 5.02 Å². The number of ether oxygens (including phenoxy) is 1. The summed E-state index contributed by atoms with van der Waals surface area (Å²) in [5.41, 5.74) is 1.52. The first kappa shape index (κ1) is 29.7. The molecule has 1 aromatic heterocycles. The molecule has 0 radical (unpaired) electrons. The van der Waals surface area contributed by atoms with Gasteiger partial charge < -0.3 is 34.0 Å². The Morgan fingerprint density at radius 3 is 2.24 bits per heavy atom. The van der Waals surface area contributed by atoms with Gasteiger partial charge in [-0.2, -0.15) is 0 Å². The molecule has 0 saturated heterocycles. The number of benzene rings is 1. The monoisotopic (exact) mass is 586 g/mol. The molecule has 2 aromatic rings. The van der Waals surface area contributed by atoms with E-state index in [4.69, 9.17) is 16.3 Å². The van der Waals surface area contributed by atoms with Gasteiger partial charge in [-0.3, -0.25) is 4.79 Å². The molecule has 33 heavy (non-hydrogen) atoms. The molecule has 2 rings (SSSR count). The molecular formula is C27H40ClIN2O2. The van der Waals surface area contributed by atoms with E-state index in [1.807, 2.05) is 30.5 Å². The molecule has 0 aliphatic heterocycles. The van der Waals surface area contributed by atoms with Crippen LogP contribution in [0.1, 0.15) is 94.1 Å². The lowest BCUT2D eigenvalue weighted by Crippen LogP contribution is -3.00. The topological polar surface area (TPSA) is 42.2 Å². The van der Waals surface area contributed by atoms with Gasteiger partial charge in [0.15, 0.2) is 6.20 Å². The first-order valence-electron chi connectivity index (χ1n) is 12.3. The van der Waals surface area contributed by atoms with E-state index < -0.39 is 0 Å². The Morgan fingerprint density at radius 1 is 0.939 bits per heavy atom. The van der Waals surface area contributed by atoms with Crippen LogP contribution in [0.25, 0.3) is 0 Å². The second-order valence-electron chi connectivity index (χ2n) is 8.33. The summed E-state index contributed by atoms with van der Waals surface area (Å²) in [6, 6.07) is 11.3. The third kappa shape index (κ3) is 11.6. The van der Waals surface area contributed by atoms with Gasteiger partial charge in [0.1, 0.15) is 18.8 Å². The second-order valence-corrected chi connectivity index (χ2v) is 8.74. The predicted octanol–water partition coefficient (Wildman–Crippen LogP) is 3.88. The van der Waals surface area contributed by atoms with Gasteiger partial charge in [0.25, 0.3) is 5.91 Å². The van der Waals surface area contributed by atoms with E-state index in [0.717, 1.165) is 18.7 Å². The molecular weight excluding hydrogens is 547 g/mol. The van der Waals surface area contributed by atoms with Gasteiger partial charge >= 0.3 is 0 Å². The van der Waals surface area contributed by atoms with E-state index in [0.29, 0.717) is 29.5 Å². The molecule has 0 spiro atoms. The van der Waals surface area contributed by atoms with Crippen molar-refractivity contribution in [2.24, 2.45) is 0 Å². The summed E-state index contributed by atoms with van der Waals surface area (Å²) in [5, 5.41) is 3.37. The molecule has 0 aliphatic rings. The van der Waals surface area contributed by atoms with Crippen molar-refractivity contribution in [1.29, 1.82) is 0 Å². The molecule has 1 aromatic carbocycles. The number of pyridine rings is 1. The predicted molar refractivity (Wildman–Crippen MR) is 132 cm³/mol. The van der Waals surface area contributed by atoms with Crippen LogP contribution < -0.4 is 38.6 Å². The highest BCUT2D eigenvalue weighted by Gasteiger charge is 2.14. The number of rotatable bonds is 16.